The van der Waals surface area contributed by atoms with Crippen molar-refractivity contribution in [2.45, 2.75) is 6.92 Å². The van der Waals surface area contributed by atoms with Gasteiger partial charge in [0.05, 0.1) is 24.4 Å². The number of likely N-dealkylation sites (N-methyl/N-ethyl adjacent to an activating group) is 1. The van der Waals surface area contributed by atoms with E-state index in [0.717, 1.165) is 10.2 Å². The molecule has 1 rings (SSSR count). The molecule has 0 atom stereocenters. The second-order valence-corrected chi connectivity index (χ2v) is 4.22. The fourth-order valence-electron chi connectivity index (χ4n) is 1.42. The first-order valence-corrected chi connectivity index (χ1v) is 5.93. The minimum absolute atomic E-state index is 0.192. The van der Waals surface area contributed by atoms with Crippen LogP contribution < -0.4 is 4.90 Å². The van der Waals surface area contributed by atoms with Crippen LogP contribution in [0.4, 0.5) is 5.69 Å². The van der Waals surface area contributed by atoms with Gasteiger partial charge in [-0.15, -0.1) is 0 Å². The molecule has 1 aromatic rings. The highest BCUT2D eigenvalue weighted by molar-refractivity contribution is 9.10. The van der Waals surface area contributed by atoms with Crippen molar-refractivity contribution in [1.29, 1.82) is 5.26 Å². The lowest BCUT2D eigenvalue weighted by molar-refractivity contribution is -0.138. The topological polar surface area (TPSA) is 53.3 Å². The average molecular weight is 297 g/mol. The van der Waals surface area contributed by atoms with Crippen molar-refractivity contribution in [2.24, 2.45) is 0 Å². The maximum absolute atomic E-state index is 11.3. The van der Waals surface area contributed by atoms with Crippen molar-refractivity contribution in [2.75, 3.05) is 25.1 Å². The molecule has 0 aliphatic carbocycles. The van der Waals surface area contributed by atoms with Crippen molar-refractivity contribution in [3.8, 4) is 6.07 Å². The number of rotatable bonds is 4. The predicted molar refractivity (Wildman–Crippen MR) is 68.8 cm³/mol. The Bertz CT molecular complexity index is 454. The number of methoxy groups -OCH3 is 1. The highest BCUT2D eigenvalue weighted by Gasteiger charge is 2.13. The number of carbonyl (C=O) groups is 1. The lowest BCUT2D eigenvalue weighted by Gasteiger charge is -2.22. The molecule has 0 bridgehead atoms. The largest absolute Gasteiger partial charge is 0.468 e. The van der Waals surface area contributed by atoms with E-state index < -0.39 is 0 Å². The van der Waals surface area contributed by atoms with Gasteiger partial charge in [0, 0.05) is 11.0 Å². The molecule has 0 unspecified atom stereocenters. The first-order chi connectivity index (χ1) is 8.12. The standard InChI is InChI=1S/C12H13BrN2O2/c1-3-15(8-12(16)17-2)11-5-4-9(7-14)6-10(11)13/h4-6H,3,8H2,1-2H3. The number of halogens is 1. The molecule has 0 spiro atoms. The van der Waals surface area contributed by atoms with Gasteiger partial charge in [0.2, 0.25) is 0 Å². The minimum atomic E-state index is -0.289. The molecule has 0 N–H and O–H groups in total. The Morgan fingerprint density at radius 1 is 1.59 bits per heavy atom. The van der Waals surface area contributed by atoms with E-state index in [1.807, 2.05) is 17.9 Å². The smallest absolute Gasteiger partial charge is 0.325 e. The Morgan fingerprint density at radius 3 is 2.76 bits per heavy atom. The molecular weight excluding hydrogens is 284 g/mol. The molecule has 0 aromatic heterocycles. The first kappa shape index (κ1) is 13.5. The molecule has 0 radical (unpaired) electrons. The van der Waals surface area contributed by atoms with Gasteiger partial charge in [0.25, 0.3) is 0 Å². The summed E-state index contributed by atoms with van der Waals surface area (Å²) < 4.78 is 5.43. The third kappa shape index (κ3) is 3.46. The van der Waals surface area contributed by atoms with Crippen LogP contribution >= 0.6 is 15.9 Å². The van der Waals surface area contributed by atoms with E-state index in [2.05, 4.69) is 26.7 Å². The third-order valence-corrected chi connectivity index (χ3v) is 2.98. The average Bonchev–Trinajstić information content (AvgIpc) is 2.35. The van der Waals surface area contributed by atoms with E-state index in [9.17, 15) is 4.79 Å². The van der Waals surface area contributed by atoms with Crippen molar-refractivity contribution in [3.05, 3.63) is 28.2 Å². The fraction of sp³-hybridized carbons (Fsp3) is 0.333. The Kier molecular flexibility index (Phi) is 4.98. The van der Waals surface area contributed by atoms with Crippen LogP contribution in [0.5, 0.6) is 0 Å². The summed E-state index contributed by atoms with van der Waals surface area (Å²) in [4.78, 5) is 13.1. The Hall–Kier alpha value is -1.54. The Balaban J connectivity index is 2.97. The monoisotopic (exact) mass is 296 g/mol. The van der Waals surface area contributed by atoms with Gasteiger partial charge in [0.1, 0.15) is 6.54 Å². The lowest BCUT2D eigenvalue weighted by Crippen LogP contribution is -2.30. The maximum atomic E-state index is 11.3. The summed E-state index contributed by atoms with van der Waals surface area (Å²) in [5, 5.41) is 8.77. The van der Waals surface area contributed by atoms with Crippen LogP contribution in [-0.4, -0.2) is 26.2 Å². The van der Waals surface area contributed by atoms with E-state index in [0.29, 0.717) is 12.1 Å². The van der Waals surface area contributed by atoms with Crippen LogP contribution in [0.15, 0.2) is 22.7 Å². The van der Waals surface area contributed by atoms with Gasteiger partial charge >= 0.3 is 5.97 Å². The molecule has 90 valence electrons. The van der Waals surface area contributed by atoms with Crippen molar-refractivity contribution in [1.82, 2.24) is 0 Å². The van der Waals surface area contributed by atoms with Gasteiger partial charge in [-0.25, -0.2) is 0 Å². The zero-order valence-electron chi connectivity index (χ0n) is 9.74. The number of anilines is 1. The van der Waals surface area contributed by atoms with Gasteiger partial charge < -0.3 is 9.64 Å². The van der Waals surface area contributed by atoms with Crippen molar-refractivity contribution in [3.63, 3.8) is 0 Å². The van der Waals surface area contributed by atoms with Gasteiger partial charge in [-0.05, 0) is 41.1 Å². The first-order valence-electron chi connectivity index (χ1n) is 5.13. The van der Waals surface area contributed by atoms with Crippen LogP contribution in [0.2, 0.25) is 0 Å². The lowest BCUT2D eigenvalue weighted by atomic mass is 10.2. The number of esters is 1. The third-order valence-electron chi connectivity index (χ3n) is 2.35. The van der Waals surface area contributed by atoms with E-state index >= 15 is 0 Å². The van der Waals surface area contributed by atoms with Gasteiger partial charge in [0.15, 0.2) is 0 Å². The quantitative estimate of drug-likeness (QED) is 0.800. The molecule has 1 aromatic carbocycles. The van der Waals surface area contributed by atoms with Crippen LogP contribution in [0, 0.1) is 11.3 Å². The molecule has 4 nitrogen and oxygen atoms in total. The molecule has 0 fully saturated rings. The number of benzene rings is 1. The van der Waals surface area contributed by atoms with E-state index in [1.54, 1.807) is 12.1 Å². The Morgan fingerprint density at radius 2 is 2.29 bits per heavy atom. The summed E-state index contributed by atoms with van der Waals surface area (Å²) in [6.45, 7) is 2.82. The van der Waals surface area contributed by atoms with E-state index in [4.69, 9.17) is 5.26 Å². The molecule has 0 aliphatic heterocycles. The van der Waals surface area contributed by atoms with Crippen LogP contribution in [-0.2, 0) is 9.53 Å². The number of nitrogens with zero attached hydrogens (tertiary/aromatic N) is 2. The van der Waals surface area contributed by atoms with Crippen LogP contribution in [0.3, 0.4) is 0 Å². The Labute approximate surface area is 109 Å². The maximum Gasteiger partial charge on any atom is 0.325 e. The number of ether oxygens (including phenoxy) is 1. The minimum Gasteiger partial charge on any atom is -0.468 e. The number of carbonyl (C=O) groups excluding carboxylic acids is 1. The summed E-state index contributed by atoms with van der Waals surface area (Å²) in [5.74, 6) is -0.289. The summed E-state index contributed by atoms with van der Waals surface area (Å²) in [6.07, 6.45) is 0. The van der Waals surface area contributed by atoms with Gasteiger partial charge in [-0.3, -0.25) is 4.79 Å². The van der Waals surface area contributed by atoms with Crippen molar-refractivity contribution < 1.29 is 9.53 Å². The summed E-state index contributed by atoms with van der Waals surface area (Å²) >= 11 is 3.40. The number of hydrogen-bond acceptors (Lipinski definition) is 4. The van der Waals surface area contributed by atoms with E-state index in [-0.39, 0.29) is 12.5 Å². The summed E-state index contributed by atoms with van der Waals surface area (Å²) in [5.41, 5.74) is 1.45. The molecule has 0 saturated carbocycles. The number of nitriles is 1. The zero-order valence-corrected chi connectivity index (χ0v) is 11.3. The molecule has 0 saturated heterocycles. The number of hydrogen-bond donors (Lipinski definition) is 0. The fourth-order valence-corrected chi connectivity index (χ4v) is 2.05. The van der Waals surface area contributed by atoms with Gasteiger partial charge in [-0.2, -0.15) is 5.26 Å². The second-order valence-electron chi connectivity index (χ2n) is 3.37. The zero-order chi connectivity index (χ0) is 12.8. The molecule has 0 heterocycles. The highest BCUT2D eigenvalue weighted by Crippen LogP contribution is 2.27. The molecule has 5 heteroatoms. The van der Waals surface area contributed by atoms with Crippen LogP contribution in [0.1, 0.15) is 12.5 Å². The van der Waals surface area contributed by atoms with Gasteiger partial charge in [-0.1, -0.05) is 0 Å². The molecule has 0 amide bonds. The van der Waals surface area contributed by atoms with Crippen LogP contribution in [0.25, 0.3) is 0 Å². The SMILES string of the molecule is CCN(CC(=O)OC)c1ccc(C#N)cc1Br. The summed E-state index contributed by atoms with van der Waals surface area (Å²) in [6, 6.07) is 7.33. The highest BCUT2D eigenvalue weighted by atomic mass is 79.9. The molecule has 0 aliphatic rings. The second kappa shape index (κ2) is 6.26. The molecule has 17 heavy (non-hydrogen) atoms. The van der Waals surface area contributed by atoms with Crippen molar-refractivity contribution >= 4 is 27.6 Å². The summed E-state index contributed by atoms with van der Waals surface area (Å²) in [7, 11) is 1.37. The molecular formula is C12H13BrN2O2. The predicted octanol–water partition coefficient (Wildman–Crippen LogP) is 2.32. The normalized spacial score (nSPS) is 9.53. The van der Waals surface area contributed by atoms with E-state index in [1.165, 1.54) is 7.11 Å².